The van der Waals surface area contributed by atoms with E-state index in [1.54, 1.807) is 0 Å². The van der Waals surface area contributed by atoms with Crippen LogP contribution in [0.25, 0.3) is 16.9 Å². The van der Waals surface area contributed by atoms with Gasteiger partial charge < -0.3 is 9.88 Å². The van der Waals surface area contributed by atoms with Crippen molar-refractivity contribution in [2.75, 3.05) is 6.54 Å². The highest BCUT2D eigenvalue weighted by molar-refractivity contribution is 6.30. The highest BCUT2D eigenvalue weighted by Crippen LogP contribution is 2.33. The van der Waals surface area contributed by atoms with Gasteiger partial charge in [-0.3, -0.25) is 4.79 Å². The van der Waals surface area contributed by atoms with Crippen LogP contribution in [-0.2, 0) is 19.3 Å². The molecule has 0 spiro atoms. The molecular formula is C29H27ClN2O. The molecule has 33 heavy (non-hydrogen) atoms. The first kappa shape index (κ1) is 21.5. The van der Waals surface area contributed by atoms with Crippen molar-refractivity contribution < 1.29 is 4.79 Å². The lowest BCUT2D eigenvalue weighted by Gasteiger charge is -2.18. The van der Waals surface area contributed by atoms with Gasteiger partial charge in [0.25, 0.3) is 5.91 Å². The maximum Gasteiger partial charge on any atom is 0.251 e. The molecule has 4 aromatic rings. The van der Waals surface area contributed by atoms with Crippen LogP contribution in [0.3, 0.4) is 0 Å². The number of nitrogens with one attached hydrogen (secondary N) is 1. The average Bonchev–Trinajstić information content (AvgIpc) is 3.25. The molecule has 1 N–H and O–H groups in total. The topological polar surface area (TPSA) is 34.0 Å². The van der Waals surface area contributed by atoms with Gasteiger partial charge in [-0.25, -0.2) is 0 Å². The van der Waals surface area contributed by atoms with Gasteiger partial charge in [-0.2, -0.15) is 0 Å². The maximum absolute atomic E-state index is 12.7. The van der Waals surface area contributed by atoms with Crippen molar-refractivity contribution in [1.29, 1.82) is 0 Å². The summed E-state index contributed by atoms with van der Waals surface area (Å²) >= 11 is 5.94. The molecule has 0 radical (unpaired) electrons. The molecule has 1 heterocycles. The van der Waals surface area contributed by atoms with Crippen molar-refractivity contribution in [2.45, 2.75) is 32.1 Å². The van der Waals surface area contributed by atoms with Crippen LogP contribution in [0.15, 0.2) is 84.9 Å². The molecular weight excluding hydrogens is 428 g/mol. The Balaban J connectivity index is 1.34. The van der Waals surface area contributed by atoms with Crippen molar-refractivity contribution in [3.05, 3.63) is 112 Å². The van der Waals surface area contributed by atoms with Crippen molar-refractivity contribution in [3.8, 4) is 16.9 Å². The summed E-state index contributed by atoms with van der Waals surface area (Å²) < 4.78 is 2.38. The van der Waals surface area contributed by atoms with Gasteiger partial charge in [0, 0.05) is 28.5 Å². The molecule has 0 aliphatic heterocycles. The molecule has 0 unspecified atom stereocenters. The number of nitrogens with zero attached hydrogens (tertiary/aromatic N) is 1. The molecule has 0 saturated carbocycles. The Labute approximate surface area is 200 Å². The zero-order valence-electron chi connectivity index (χ0n) is 18.6. The Morgan fingerprint density at radius 2 is 1.61 bits per heavy atom. The summed E-state index contributed by atoms with van der Waals surface area (Å²) in [5.41, 5.74) is 8.23. The molecule has 0 saturated heterocycles. The van der Waals surface area contributed by atoms with Gasteiger partial charge >= 0.3 is 0 Å². The van der Waals surface area contributed by atoms with Gasteiger partial charge in [0.15, 0.2) is 0 Å². The van der Waals surface area contributed by atoms with Crippen LogP contribution in [0.5, 0.6) is 0 Å². The number of fused-ring (bicyclic) bond motifs is 1. The number of hydrogen-bond donors (Lipinski definition) is 1. The number of carbonyl (C=O) groups excluding carboxylic acids is 1. The fourth-order valence-electron chi connectivity index (χ4n) is 4.65. The van der Waals surface area contributed by atoms with Crippen LogP contribution < -0.4 is 5.32 Å². The lowest BCUT2D eigenvalue weighted by molar-refractivity contribution is 0.0954. The molecule has 0 bridgehead atoms. The molecule has 3 aromatic carbocycles. The van der Waals surface area contributed by atoms with Gasteiger partial charge in [0.2, 0.25) is 0 Å². The lowest BCUT2D eigenvalue weighted by atomic mass is 9.98. The van der Waals surface area contributed by atoms with E-state index in [4.69, 9.17) is 11.6 Å². The van der Waals surface area contributed by atoms with Crippen LogP contribution in [0.2, 0.25) is 5.02 Å². The molecule has 1 aromatic heterocycles. The summed E-state index contributed by atoms with van der Waals surface area (Å²) in [5, 5.41) is 3.75. The summed E-state index contributed by atoms with van der Waals surface area (Å²) in [6.45, 7) is 0.589. The summed E-state index contributed by atoms with van der Waals surface area (Å²) in [6, 6.07) is 28.6. The normalized spacial score (nSPS) is 12.9. The Morgan fingerprint density at radius 1 is 0.879 bits per heavy atom. The lowest BCUT2D eigenvalue weighted by Crippen LogP contribution is -2.25. The fraction of sp³-hybridized carbons (Fsp3) is 0.207. The Bertz CT molecular complexity index is 1240. The molecule has 1 aliphatic carbocycles. The third-order valence-corrected chi connectivity index (χ3v) is 6.62. The number of aryl methyl sites for hydroxylation is 1. The molecule has 5 rings (SSSR count). The third kappa shape index (κ3) is 4.74. The smallest absolute Gasteiger partial charge is 0.251 e. The molecule has 3 nitrogen and oxygen atoms in total. The van der Waals surface area contributed by atoms with Crippen molar-refractivity contribution in [2.24, 2.45) is 0 Å². The second-order valence-electron chi connectivity index (χ2n) is 8.59. The minimum absolute atomic E-state index is 0.0478. The molecule has 166 valence electrons. The van der Waals surface area contributed by atoms with E-state index >= 15 is 0 Å². The van der Waals surface area contributed by atoms with Crippen LogP contribution in [-0.4, -0.2) is 17.0 Å². The van der Waals surface area contributed by atoms with Crippen molar-refractivity contribution in [3.63, 3.8) is 0 Å². The second kappa shape index (κ2) is 9.68. The van der Waals surface area contributed by atoms with Crippen molar-refractivity contribution >= 4 is 17.5 Å². The van der Waals surface area contributed by atoms with Gasteiger partial charge in [-0.15, -0.1) is 0 Å². The van der Waals surface area contributed by atoms with Crippen LogP contribution in [0, 0.1) is 0 Å². The largest absolute Gasteiger partial charge is 0.352 e. The second-order valence-corrected chi connectivity index (χ2v) is 9.03. The van der Waals surface area contributed by atoms with E-state index in [0.29, 0.717) is 12.1 Å². The van der Waals surface area contributed by atoms with Gasteiger partial charge in [-0.05, 0) is 91.3 Å². The molecule has 0 atom stereocenters. The monoisotopic (exact) mass is 454 g/mol. The first-order valence-electron chi connectivity index (χ1n) is 11.6. The number of halogens is 1. The third-order valence-electron chi connectivity index (χ3n) is 6.37. The van der Waals surface area contributed by atoms with Gasteiger partial charge in [0.1, 0.15) is 0 Å². The predicted octanol–water partition coefficient (Wildman–Crippen LogP) is 6.65. The summed E-state index contributed by atoms with van der Waals surface area (Å²) in [6.07, 6.45) is 5.47. The minimum atomic E-state index is -0.0478. The zero-order valence-corrected chi connectivity index (χ0v) is 19.3. The van der Waals surface area contributed by atoms with E-state index in [9.17, 15) is 4.79 Å². The van der Waals surface area contributed by atoms with E-state index in [2.05, 4.69) is 58.4 Å². The molecule has 0 fully saturated rings. The molecule has 4 heteroatoms. The molecule has 1 aliphatic rings. The zero-order chi connectivity index (χ0) is 22.6. The Kier molecular flexibility index (Phi) is 6.32. The summed E-state index contributed by atoms with van der Waals surface area (Å²) in [5.74, 6) is -0.0478. The minimum Gasteiger partial charge on any atom is -0.352 e. The highest BCUT2D eigenvalue weighted by atomic mass is 35.5. The standard InChI is InChI=1S/C29H27ClN2O/c30-25-14-10-21(11-15-25)18-19-31-29(33)23-12-16-26(17-13-23)32-27-9-5-4-8-24(27)20-28(32)22-6-2-1-3-7-22/h1-3,6-7,10-17,20H,4-5,8-9,18-19H2,(H,31,33). The first-order valence-corrected chi connectivity index (χ1v) is 12.0. The predicted molar refractivity (Wildman–Crippen MR) is 135 cm³/mol. The van der Waals surface area contributed by atoms with Crippen LogP contribution >= 0.6 is 11.6 Å². The van der Waals surface area contributed by atoms with Crippen LogP contribution in [0.1, 0.15) is 40.0 Å². The van der Waals surface area contributed by atoms with Gasteiger partial charge in [0.05, 0.1) is 5.69 Å². The first-order chi connectivity index (χ1) is 16.2. The number of aromatic nitrogens is 1. The van der Waals surface area contributed by atoms with E-state index in [1.165, 1.54) is 35.4 Å². The van der Waals surface area contributed by atoms with E-state index in [0.717, 1.165) is 35.5 Å². The number of rotatable bonds is 6. The van der Waals surface area contributed by atoms with E-state index < -0.39 is 0 Å². The van der Waals surface area contributed by atoms with Gasteiger partial charge in [-0.1, -0.05) is 54.1 Å². The fourth-order valence-corrected chi connectivity index (χ4v) is 4.78. The molecule has 1 amide bonds. The summed E-state index contributed by atoms with van der Waals surface area (Å²) in [7, 11) is 0. The van der Waals surface area contributed by atoms with E-state index in [-0.39, 0.29) is 5.91 Å². The number of amides is 1. The van der Waals surface area contributed by atoms with E-state index in [1.807, 2.05) is 36.4 Å². The number of carbonyl (C=O) groups is 1. The maximum atomic E-state index is 12.7. The highest BCUT2D eigenvalue weighted by Gasteiger charge is 2.20. The number of benzene rings is 3. The summed E-state index contributed by atoms with van der Waals surface area (Å²) in [4.78, 5) is 12.7. The SMILES string of the molecule is O=C(NCCc1ccc(Cl)cc1)c1ccc(-n2c(-c3ccccc3)cc3c2CCCC3)cc1. The van der Waals surface area contributed by atoms with Crippen LogP contribution in [0.4, 0.5) is 0 Å². The Hall–Kier alpha value is -3.30. The Morgan fingerprint density at radius 3 is 2.36 bits per heavy atom. The number of hydrogen-bond acceptors (Lipinski definition) is 1. The quantitative estimate of drug-likeness (QED) is 0.347. The van der Waals surface area contributed by atoms with Crippen molar-refractivity contribution in [1.82, 2.24) is 9.88 Å². The average molecular weight is 455 g/mol.